The van der Waals surface area contributed by atoms with Gasteiger partial charge in [-0.05, 0) is 120 Å². The lowest BCUT2D eigenvalue weighted by molar-refractivity contribution is 1.30. The summed E-state index contributed by atoms with van der Waals surface area (Å²) in [4.78, 5) is 55.2. The predicted octanol–water partition coefficient (Wildman–Crippen LogP) is 9.38. The van der Waals surface area contributed by atoms with Gasteiger partial charge in [0.05, 0.1) is 33.1 Å². The number of pyridine rings is 4. The molecule has 0 saturated heterocycles. The Labute approximate surface area is 305 Å². The van der Waals surface area contributed by atoms with E-state index in [1.54, 1.807) is 36.4 Å². The summed E-state index contributed by atoms with van der Waals surface area (Å²) in [7, 11) is 0. The van der Waals surface area contributed by atoms with Crippen molar-refractivity contribution in [3.63, 3.8) is 0 Å². The van der Waals surface area contributed by atoms with E-state index in [0.717, 1.165) is 55.4 Å². The van der Waals surface area contributed by atoms with E-state index < -0.39 is 0 Å². The molecule has 0 unspecified atom stereocenters. The summed E-state index contributed by atoms with van der Waals surface area (Å²) in [5.74, 6) is 0. The third kappa shape index (κ3) is 3.89. The highest BCUT2D eigenvalue weighted by molar-refractivity contribution is 6.09. The molecule has 7 aromatic carbocycles. The van der Waals surface area contributed by atoms with Gasteiger partial charge < -0.3 is 8.80 Å². The standard InChI is InChI=1S/C48H28N2O4/c1-25-21-36(28-18-20-42-38(24-28)48(54)34-14-8-12-32-44(34)50(42)40-16-6-4-10-30(40)46(32)52)26(2)22-35(25)27-17-19-41-37(23-27)47(53)33-13-7-11-31-43(33)49(41)39-15-5-3-9-29(39)45(31)51/h3-24H,1-2H3. The molecule has 6 nitrogen and oxygen atoms in total. The van der Waals surface area contributed by atoms with Gasteiger partial charge in [0, 0.05) is 43.1 Å². The summed E-state index contributed by atoms with van der Waals surface area (Å²) in [6, 6.07) is 42.2. The van der Waals surface area contributed by atoms with Crippen molar-refractivity contribution < 1.29 is 0 Å². The second-order valence-corrected chi connectivity index (χ2v) is 14.4. The molecule has 0 N–H and O–H groups in total. The fraction of sp³-hybridized carbons (Fsp3) is 0.0417. The van der Waals surface area contributed by atoms with E-state index in [4.69, 9.17) is 0 Å². The average Bonchev–Trinajstić information content (AvgIpc) is 3.21. The molecular weight excluding hydrogens is 669 g/mol. The molecule has 0 saturated carbocycles. The molecule has 0 fully saturated rings. The van der Waals surface area contributed by atoms with Gasteiger partial charge >= 0.3 is 0 Å². The molecule has 11 rings (SSSR count). The highest BCUT2D eigenvalue weighted by Crippen LogP contribution is 2.36. The van der Waals surface area contributed by atoms with Crippen LogP contribution < -0.4 is 21.7 Å². The first-order valence-electron chi connectivity index (χ1n) is 17.9. The van der Waals surface area contributed by atoms with E-state index in [1.807, 2.05) is 84.9 Å². The second-order valence-electron chi connectivity index (χ2n) is 14.4. The maximum atomic E-state index is 14.1. The number of rotatable bonds is 2. The topological polar surface area (TPSA) is 77.1 Å². The van der Waals surface area contributed by atoms with Gasteiger partial charge in [0.25, 0.3) is 0 Å². The average molecular weight is 697 g/mol. The maximum absolute atomic E-state index is 14.1. The van der Waals surface area contributed by atoms with Gasteiger partial charge in [0.15, 0.2) is 21.7 Å². The van der Waals surface area contributed by atoms with Crippen molar-refractivity contribution in [2.45, 2.75) is 13.8 Å². The van der Waals surface area contributed by atoms with Gasteiger partial charge in [-0.3, -0.25) is 19.2 Å². The van der Waals surface area contributed by atoms with Gasteiger partial charge in [-0.25, -0.2) is 0 Å². The van der Waals surface area contributed by atoms with Crippen LogP contribution in [-0.2, 0) is 0 Å². The Balaban J connectivity index is 1.11. The van der Waals surface area contributed by atoms with E-state index in [0.29, 0.717) is 54.1 Å². The summed E-state index contributed by atoms with van der Waals surface area (Å²) < 4.78 is 4.11. The first-order chi connectivity index (χ1) is 26.3. The number of benzene rings is 7. The number of aryl methyl sites for hydroxylation is 2. The van der Waals surface area contributed by atoms with Crippen LogP contribution in [0, 0.1) is 13.8 Å². The number of fused-ring (bicyclic) bond motifs is 8. The number of hydrogen-bond acceptors (Lipinski definition) is 4. The fourth-order valence-corrected chi connectivity index (χ4v) is 8.94. The molecule has 0 aliphatic rings. The van der Waals surface area contributed by atoms with Crippen LogP contribution in [0.1, 0.15) is 11.1 Å². The molecule has 0 bridgehead atoms. The molecule has 0 atom stereocenters. The normalized spacial score (nSPS) is 12.2. The lowest BCUT2D eigenvalue weighted by Crippen LogP contribution is -2.14. The van der Waals surface area contributed by atoms with Crippen molar-refractivity contribution in [1.29, 1.82) is 0 Å². The molecule has 0 radical (unpaired) electrons. The molecule has 0 amide bonds. The first kappa shape index (κ1) is 30.4. The molecular formula is C48H28N2O4. The van der Waals surface area contributed by atoms with Crippen molar-refractivity contribution >= 4 is 76.2 Å². The van der Waals surface area contributed by atoms with Gasteiger partial charge in [-0.15, -0.1) is 0 Å². The first-order valence-corrected chi connectivity index (χ1v) is 17.9. The molecule has 6 heteroatoms. The van der Waals surface area contributed by atoms with Gasteiger partial charge in [-0.1, -0.05) is 60.7 Å². The Bertz CT molecular complexity index is 3480. The summed E-state index contributed by atoms with van der Waals surface area (Å²) in [6.07, 6.45) is 0. The minimum Gasteiger partial charge on any atom is -0.308 e. The number of para-hydroxylation sites is 4. The van der Waals surface area contributed by atoms with E-state index in [1.165, 1.54) is 0 Å². The molecule has 0 aliphatic carbocycles. The number of hydrogen-bond donors (Lipinski definition) is 0. The van der Waals surface area contributed by atoms with E-state index in [2.05, 4.69) is 34.8 Å². The molecule has 0 aliphatic heterocycles. The van der Waals surface area contributed by atoms with Crippen LogP contribution in [0.2, 0.25) is 0 Å². The molecule has 254 valence electrons. The fourth-order valence-electron chi connectivity index (χ4n) is 8.94. The zero-order valence-electron chi connectivity index (χ0n) is 29.2. The Morgan fingerprint density at radius 3 is 1.07 bits per heavy atom. The van der Waals surface area contributed by atoms with E-state index in [9.17, 15) is 19.2 Å². The smallest absolute Gasteiger partial charge is 0.197 e. The van der Waals surface area contributed by atoms with Crippen molar-refractivity contribution in [3.05, 3.63) is 185 Å². The minimum atomic E-state index is -0.105. The predicted molar refractivity (Wildman–Crippen MR) is 221 cm³/mol. The second kappa shape index (κ2) is 10.7. The summed E-state index contributed by atoms with van der Waals surface area (Å²) in [5.41, 5.74) is 9.87. The Kier molecular flexibility index (Phi) is 6.02. The lowest BCUT2D eigenvalue weighted by Gasteiger charge is -2.17. The molecule has 54 heavy (non-hydrogen) atoms. The minimum absolute atomic E-state index is 0.0756. The summed E-state index contributed by atoms with van der Waals surface area (Å²) in [6.45, 7) is 4.13. The van der Waals surface area contributed by atoms with Crippen LogP contribution in [0.3, 0.4) is 0 Å². The van der Waals surface area contributed by atoms with E-state index in [-0.39, 0.29) is 21.7 Å². The third-order valence-electron chi connectivity index (χ3n) is 11.4. The zero-order chi connectivity index (χ0) is 36.6. The zero-order valence-corrected chi connectivity index (χ0v) is 29.2. The third-order valence-corrected chi connectivity index (χ3v) is 11.4. The SMILES string of the molecule is Cc1cc(-c2ccc3c(c2)c(=O)c2cccc4c(=O)c5ccccc5n3c42)c(C)cc1-c1ccc2c(c1)c(=O)c1cccc3c(=O)c4ccccc4n2c31. The van der Waals surface area contributed by atoms with E-state index >= 15 is 0 Å². The largest absolute Gasteiger partial charge is 0.308 e. The van der Waals surface area contributed by atoms with Crippen LogP contribution in [0.5, 0.6) is 0 Å². The monoisotopic (exact) mass is 696 g/mol. The highest BCUT2D eigenvalue weighted by Gasteiger charge is 2.20. The molecule has 11 aromatic rings. The van der Waals surface area contributed by atoms with Crippen LogP contribution in [0.25, 0.3) is 98.4 Å². The number of aromatic nitrogens is 2. The Hall–Kier alpha value is -7.18. The van der Waals surface area contributed by atoms with Crippen molar-refractivity contribution in [1.82, 2.24) is 8.80 Å². The van der Waals surface area contributed by atoms with Gasteiger partial charge in [-0.2, -0.15) is 0 Å². The lowest BCUT2D eigenvalue weighted by atomic mass is 9.90. The highest BCUT2D eigenvalue weighted by atomic mass is 16.1. The van der Waals surface area contributed by atoms with Crippen LogP contribution in [0.4, 0.5) is 0 Å². The maximum Gasteiger partial charge on any atom is 0.197 e. The Morgan fingerprint density at radius 2 is 0.667 bits per heavy atom. The molecule has 0 spiro atoms. The van der Waals surface area contributed by atoms with Crippen LogP contribution >= 0.6 is 0 Å². The Morgan fingerprint density at radius 1 is 0.333 bits per heavy atom. The van der Waals surface area contributed by atoms with Crippen molar-refractivity contribution in [2.24, 2.45) is 0 Å². The summed E-state index contributed by atoms with van der Waals surface area (Å²) in [5, 5.41) is 4.49. The van der Waals surface area contributed by atoms with Crippen LogP contribution in [-0.4, -0.2) is 8.80 Å². The van der Waals surface area contributed by atoms with Gasteiger partial charge in [0.2, 0.25) is 0 Å². The van der Waals surface area contributed by atoms with Crippen molar-refractivity contribution in [3.8, 4) is 22.3 Å². The van der Waals surface area contributed by atoms with Crippen LogP contribution in [0.15, 0.2) is 153 Å². The van der Waals surface area contributed by atoms with Gasteiger partial charge in [0.1, 0.15) is 0 Å². The quantitative estimate of drug-likeness (QED) is 0.133. The number of nitrogens with zero attached hydrogens (tertiary/aromatic N) is 2. The summed E-state index contributed by atoms with van der Waals surface area (Å²) >= 11 is 0. The molecule has 4 aromatic heterocycles. The molecule has 4 heterocycles. The van der Waals surface area contributed by atoms with Crippen molar-refractivity contribution in [2.75, 3.05) is 0 Å².